The molecule has 0 saturated heterocycles. The summed E-state index contributed by atoms with van der Waals surface area (Å²) in [6.45, 7) is 0. The summed E-state index contributed by atoms with van der Waals surface area (Å²) in [5.41, 5.74) is 10.5. The monoisotopic (exact) mass is 255 g/mol. The first kappa shape index (κ1) is 11.8. The predicted octanol–water partition coefficient (Wildman–Crippen LogP) is 3.54. The fraction of sp³-hybridized carbons (Fsp3) is 0.250. The van der Waals surface area contributed by atoms with Crippen molar-refractivity contribution >= 4 is 11.8 Å². The minimum Gasteiger partial charge on any atom is -0.323 e. The summed E-state index contributed by atoms with van der Waals surface area (Å²) in [7, 11) is 0. The van der Waals surface area contributed by atoms with Crippen LogP contribution in [0.2, 0.25) is 0 Å². The molecular weight excluding hydrogens is 238 g/mol. The lowest BCUT2D eigenvalue weighted by molar-refractivity contribution is 0.731. The Bertz CT molecular complexity index is 524. The number of fused-ring (bicyclic) bond motifs is 1. The second kappa shape index (κ2) is 5.17. The molecule has 2 heteroatoms. The normalized spacial score (nSPS) is 21.8. The van der Waals surface area contributed by atoms with Gasteiger partial charge in [0.05, 0.1) is 0 Å². The van der Waals surface area contributed by atoms with Gasteiger partial charge in [0.15, 0.2) is 0 Å². The Labute approximate surface area is 112 Å². The van der Waals surface area contributed by atoms with E-state index in [0.29, 0.717) is 5.25 Å². The van der Waals surface area contributed by atoms with Crippen LogP contribution in [0.25, 0.3) is 0 Å². The van der Waals surface area contributed by atoms with E-state index >= 15 is 0 Å². The molecule has 1 aliphatic rings. The zero-order chi connectivity index (χ0) is 12.4. The second-order valence-corrected chi connectivity index (χ2v) is 5.99. The molecule has 2 atom stereocenters. The molecule has 0 heterocycles. The Hall–Kier alpha value is -1.25. The number of thioether (sulfide) groups is 1. The van der Waals surface area contributed by atoms with E-state index in [1.54, 1.807) is 0 Å². The molecule has 2 unspecified atom stereocenters. The third kappa shape index (κ3) is 2.31. The van der Waals surface area contributed by atoms with E-state index < -0.39 is 0 Å². The van der Waals surface area contributed by atoms with Crippen LogP contribution in [-0.4, -0.2) is 5.25 Å². The highest BCUT2D eigenvalue weighted by atomic mass is 32.2. The molecule has 3 rings (SSSR count). The van der Waals surface area contributed by atoms with Gasteiger partial charge in [-0.1, -0.05) is 54.6 Å². The zero-order valence-electron chi connectivity index (χ0n) is 10.3. The molecule has 0 bridgehead atoms. The summed E-state index contributed by atoms with van der Waals surface area (Å²) in [4.78, 5) is 0. The number of rotatable bonds is 3. The standard InChI is InChI=1S/C16H17NS/c17-16-14-9-5-4-8-13(14)10-15(16)18-11-12-6-2-1-3-7-12/h1-9,15-16H,10-11,17H2. The minimum atomic E-state index is 0.190. The summed E-state index contributed by atoms with van der Waals surface area (Å²) < 4.78 is 0. The quantitative estimate of drug-likeness (QED) is 0.907. The molecular formula is C16H17NS. The second-order valence-electron chi connectivity index (χ2n) is 4.76. The van der Waals surface area contributed by atoms with Crippen LogP contribution in [0, 0.1) is 0 Å². The van der Waals surface area contributed by atoms with E-state index in [-0.39, 0.29) is 6.04 Å². The third-order valence-corrected chi connectivity index (χ3v) is 4.93. The maximum absolute atomic E-state index is 6.33. The van der Waals surface area contributed by atoms with Gasteiger partial charge in [0.2, 0.25) is 0 Å². The molecule has 1 aliphatic carbocycles. The Morgan fingerprint density at radius 1 is 1.00 bits per heavy atom. The smallest absolute Gasteiger partial charge is 0.0421 e. The average Bonchev–Trinajstić information content (AvgIpc) is 2.75. The molecule has 1 nitrogen and oxygen atoms in total. The Kier molecular flexibility index (Phi) is 3.39. The maximum atomic E-state index is 6.33. The van der Waals surface area contributed by atoms with Gasteiger partial charge >= 0.3 is 0 Å². The van der Waals surface area contributed by atoms with Crippen LogP contribution in [0.15, 0.2) is 54.6 Å². The summed E-state index contributed by atoms with van der Waals surface area (Å²) in [5.74, 6) is 1.05. The predicted molar refractivity (Wildman–Crippen MR) is 78.6 cm³/mol. The average molecular weight is 255 g/mol. The summed E-state index contributed by atoms with van der Waals surface area (Å²) in [5, 5.41) is 0.516. The first-order valence-corrected chi connectivity index (χ1v) is 7.38. The lowest BCUT2D eigenvalue weighted by Crippen LogP contribution is -2.19. The third-order valence-electron chi connectivity index (χ3n) is 3.54. The summed E-state index contributed by atoms with van der Waals surface area (Å²) in [6.07, 6.45) is 1.11. The van der Waals surface area contributed by atoms with Crippen molar-refractivity contribution < 1.29 is 0 Å². The molecule has 2 aromatic rings. The molecule has 0 saturated carbocycles. The van der Waals surface area contributed by atoms with Crippen molar-refractivity contribution in [2.75, 3.05) is 0 Å². The van der Waals surface area contributed by atoms with Crippen molar-refractivity contribution in [2.45, 2.75) is 23.5 Å². The van der Waals surface area contributed by atoms with Gasteiger partial charge in [0.1, 0.15) is 0 Å². The van der Waals surface area contributed by atoms with Gasteiger partial charge in [-0.15, -0.1) is 0 Å². The van der Waals surface area contributed by atoms with Gasteiger partial charge in [0, 0.05) is 17.0 Å². The van der Waals surface area contributed by atoms with Crippen LogP contribution in [0.3, 0.4) is 0 Å². The van der Waals surface area contributed by atoms with E-state index in [0.717, 1.165) is 12.2 Å². The molecule has 18 heavy (non-hydrogen) atoms. The highest BCUT2D eigenvalue weighted by Crippen LogP contribution is 2.37. The molecule has 0 amide bonds. The lowest BCUT2D eigenvalue weighted by Gasteiger charge is -2.15. The van der Waals surface area contributed by atoms with Crippen LogP contribution >= 0.6 is 11.8 Å². The Morgan fingerprint density at radius 2 is 1.72 bits per heavy atom. The molecule has 2 aromatic carbocycles. The van der Waals surface area contributed by atoms with Crippen LogP contribution in [-0.2, 0) is 12.2 Å². The van der Waals surface area contributed by atoms with Gasteiger partial charge in [-0.05, 0) is 23.1 Å². The largest absolute Gasteiger partial charge is 0.323 e. The fourth-order valence-electron chi connectivity index (χ4n) is 2.53. The number of hydrogen-bond donors (Lipinski definition) is 1. The van der Waals surface area contributed by atoms with Gasteiger partial charge in [0.25, 0.3) is 0 Å². The fourth-order valence-corrected chi connectivity index (χ4v) is 3.78. The molecule has 0 aromatic heterocycles. The summed E-state index contributed by atoms with van der Waals surface area (Å²) >= 11 is 1.98. The van der Waals surface area contributed by atoms with Gasteiger partial charge in [-0.3, -0.25) is 0 Å². The van der Waals surface area contributed by atoms with Crippen LogP contribution in [0.1, 0.15) is 22.7 Å². The molecule has 0 radical (unpaired) electrons. The first-order chi connectivity index (χ1) is 8.84. The van der Waals surface area contributed by atoms with Crippen molar-refractivity contribution in [2.24, 2.45) is 5.73 Å². The maximum Gasteiger partial charge on any atom is 0.0421 e. The number of hydrogen-bond acceptors (Lipinski definition) is 2. The number of nitrogens with two attached hydrogens (primary N) is 1. The van der Waals surface area contributed by atoms with Crippen LogP contribution in [0.4, 0.5) is 0 Å². The molecule has 0 fully saturated rings. The Balaban J connectivity index is 1.66. The van der Waals surface area contributed by atoms with Crippen LogP contribution < -0.4 is 5.73 Å². The minimum absolute atomic E-state index is 0.190. The highest BCUT2D eigenvalue weighted by Gasteiger charge is 2.29. The summed E-state index contributed by atoms with van der Waals surface area (Å²) in [6, 6.07) is 19.4. The van der Waals surface area contributed by atoms with E-state index in [1.807, 2.05) is 11.8 Å². The zero-order valence-corrected chi connectivity index (χ0v) is 11.1. The molecule has 2 N–H and O–H groups in total. The van der Waals surface area contributed by atoms with Gasteiger partial charge < -0.3 is 5.73 Å². The highest BCUT2D eigenvalue weighted by molar-refractivity contribution is 7.99. The first-order valence-electron chi connectivity index (χ1n) is 6.33. The van der Waals surface area contributed by atoms with Crippen molar-refractivity contribution in [1.29, 1.82) is 0 Å². The SMILES string of the molecule is NC1c2ccccc2CC1SCc1ccccc1. The van der Waals surface area contributed by atoms with E-state index in [1.165, 1.54) is 16.7 Å². The molecule has 0 aliphatic heterocycles. The van der Waals surface area contributed by atoms with Gasteiger partial charge in [-0.2, -0.15) is 11.8 Å². The van der Waals surface area contributed by atoms with Crippen molar-refractivity contribution in [1.82, 2.24) is 0 Å². The van der Waals surface area contributed by atoms with E-state index in [4.69, 9.17) is 5.73 Å². The van der Waals surface area contributed by atoms with Gasteiger partial charge in [-0.25, -0.2) is 0 Å². The Morgan fingerprint density at radius 3 is 2.50 bits per heavy atom. The van der Waals surface area contributed by atoms with Crippen molar-refractivity contribution in [3.8, 4) is 0 Å². The molecule has 0 spiro atoms. The number of benzene rings is 2. The molecule has 92 valence electrons. The van der Waals surface area contributed by atoms with E-state index in [9.17, 15) is 0 Å². The van der Waals surface area contributed by atoms with Crippen molar-refractivity contribution in [3.63, 3.8) is 0 Å². The topological polar surface area (TPSA) is 26.0 Å². The lowest BCUT2D eigenvalue weighted by atomic mass is 10.1. The van der Waals surface area contributed by atoms with Crippen molar-refractivity contribution in [3.05, 3.63) is 71.3 Å². The van der Waals surface area contributed by atoms with Crippen LogP contribution in [0.5, 0.6) is 0 Å². The van der Waals surface area contributed by atoms with E-state index in [2.05, 4.69) is 54.6 Å².